The van der Waals surface area contributed by atoms with Crippen LogP contribution in [0.4, 0.5) is 0 Å². The van der Waals surface area contributed by atoms with Gasteiger partial charge in [-0.25, -0.2) is 4.79 Å². The summed E-state index contributed by atoms with van der Waals surface area (Å²) < 4.78 is 5.38. The number of nitrogens with zero attached hydrogens (tertiary/aromatic N) is 1. The summed E-state index contributed by atoms with van der Waals surface area (Å²) in [5.74, 6) is -1.11. The van der Waals surface area contributed by atoms with Gasteiger partial charge < -0.3 is 15.2 Å². The maximum absolute atomic E-state index is 12.0. The van der Waals surface area contributed by atoms with Crippen LogP contribution in [0.2, 0.25) is 0 Å². The third kappa shape index (κ3) is 4.09. The Kier molecular flexibility index (Phi) is 5.00. The first-order valence-electron chi connectivity index (χ1n) is 7.11. The van der Waals surface area contributed by atoms with Gasteiger partial charge in [0.25, 0.3) is 5.91 Å². The lowest BCUT2D eigenvalue weighted by Crippen LogP contribution is -2.37. The molecule has 7 heteroatoms. The molecule has 1 aromatic heterocycles. The standard InChI is InChI=1S/C16H19N3O4/c1-9-5-4-6-12(7-9)23-8-13(20)17-15(16(21)22)14-10(2)18-19-11(14)3/h4-7,15H,8H2,1-3H3,(H,17,20)(H,18,19)(H,21,22). The van der Waals surface area contributed by atoms with Gasteiger partial charge in [0.15, 0.2) is 12.6 Å². The molecule has 7 nitrogen and oxygen atoms in total. The number of ether oxygens (including phenoxy) is 1. The number of aromatic nitrogens is 2. The van der Waals surface area contributed by atoms with Gasteiger partial charge in [-0.1, -0.05) is 12.1 Å². The molecule has 0 aliphatic rings. The second kappa shape index (κ2) is 6.95. The zero-order chi connectivity index (χ0) is 17.0. The van der Waals surface area contributed by atoms with Crippen LogP contribution in [0.5, 0.6) is 5.75 Å². The lowest BCUT2D eigenvalue weighted by molar-refractivity contribution is -0.142. The van der Waals surface area contributed by atoms with Crippen molar-refractivity contribution in [3.8, 4) is 5.75 Å². The van der Waals surface area contributed by atoms with E-state index >= 15 is 0 Å². The molecule has 0 aliphatic carbocycles. The lowest BCUT2D eigenvalue weighted by atomic mass is 10.1. The number of amides is 1. The molecule has 0 radical (unpaired) electrons. The average Bonchev–Trinajstić information content (AvgIpc) is 2.82. The van der Waals surface area contributed by atoms with Crippen molar-refractivity contribution in [2.24, 2.45) is 0 Å². The van der Waals surface area contributed by atoms with E-state index in [1.165, 1.54) is 0 Å². The highest BCUT2D eigenvalue weighted by Gasteiger charge is 2.27. The van der Waals surface area contributed by atoms with Crippen molar-refractivity contribution < 1.29 is 19.4 Å². The number of carboxylic acids is 1. The first-order valence-corrected chi connectivity index (χ1v) is 7.11. The quantitative estimate of drug-likeness (QED) is 0.751. The SMILES string of the molecule is Cc1cccc(OCC(=O)NC(C(=O)O)c2c(C)n[nH]c2C)c1. The van der Waals surface area contributed by atoms with E-state index in [1.807, 2.05) is 19.1 Å². The van der Waals surface area contributed by atoms with Gasteiger partial charge in [0, 0.05) is 11.3 Å². The molecule has 1 atom stereocenters. The van der Waals surface area contributed by atoms with Crippen molar-refractivity contribution >= 4 is 11.9 Å². The molecule has 0 saturated heterocycles. The molecule has 1 amide bonds. The minimum atomic E-state index is -1.16. The molecule has 1 heterocycles. The summed E-state index contributed by atoms with van der Waals surface area (Å²) in [4.78, 5) is 23.5. The highest BCUT2D eigenvalue weighted by atomic mass is 16.5. The molecular weight excluding hydrogens is 298 g/mol. The second-order valence-electron chi connectivity index (χ2n) is 5.29. The molecule has 0 saturated carbocycles. The number of hydrogen-bond donors (Lipinski definition) is 3. The Labute approximate surface area is 133 Å². The number of carboxylic acid groups (broad SMARTS) is 1. The van der Waals surface area contributed by atoms with E-state index in [4.69, 9.17) is 4.74 Å². The van der Waals surface area contributed by atoms with Gasteiger partial charge in [-0.2, -0.15) is 5.10 Å². The molecule has 2 aromatic rings. The predicted molar refractivity (Wildman–Crippen MR) is 83.3 cm³/mol. The van der Waals surface area contributed by atoms with Crippen LogP contribution in [0.25, 0.3) is 0 Å². The van der Waals surface area contributed by atoms with E-state index in [0.717, 1.165) is 5.56 Å². The minimum absolute atomic E-state index is 0.261. The van der Waals surface area contributed by atoms with Gasteiger partial charge in [0.2, 0.25) is 0 Å². The molecule has 0 fully saturated rings. The fraction of sp³-hybridized carbons (Fsp3) is 0.312. The fourth-order valence-corrected chi connectivity index (χ4v) is 2.30. The van der Waals surface area contributed by atoms with Gasteiger partial charge in [-0.15, -0.1) is 0 Å². The molecular formula is C16H19N3O4. The van der Waals surface area contributed by atoms with Gasteiger partial charge in [0.1, 0.15) is 5.75 Å². The number of nitrogens with one attached hydrogen (secondary N) is 2. The van der Waals surface area contributed by atoms with E-state index in [1.54, 1.807) is 26.0 Å². The van der Waals surface area contributed by atoms with E-state index in [9.17, 15) is 14.7 Å². The molecule has 23 heavy (non-hydrogen) atoms. The Morgan fingerprint density at radius 3 is 2.65 bits per heavy atom. The number of rotatable bonds is 6. The van der Waals surface area contributed by atoms with Crippen LogP contribution in [0.15, 0.2) is 24.3 Å². The number of aryl methyl sites for hydroxylation is 3. The van der Waals surface area contributed by atoms with E-state index in [0.29, 0.717) is 22.7 Å². The predicted octanol–water partition coefficient (Wildman–Crippen LogP) is 1.66. The van der Waals surface area contributed by atoms with Gasteiger partial charge >= 0.3 is 5.97 Å². The normalized spacial score (nSPS) is 11.8. The number of aliphatic carboxylic acids is 1. The molecule has 122 valence electrons. The number of H-pyrrole nitrogens is 1. The lowest BCUT2D eigenvalue weighted by Gasteiger charge is -2.15. The molecule has 0 aliphatic heterocycles. The van der Waals surface area contributed by atoms with Gasteiger partial charge in [-0.05, 0) is 38.5 Å². The Morgan fingerprint density at radius 2 is 2.09 bits per heavy atom. The maximum Gasteiger partial charge on any atom is 0.331 e. The summed E-state index contributed by atoms with van der Waals surface area (Å²) in [7, 11) is 0. The smallest absolute Gasteiger partial charge is 0.331 e. The van der Waals surface area contributed by atoms with Crippen LogP contribution in [0.1, 0.15) is 28.6 Å². The molecule has 0 bridgehead atoms. The largest absolute Gasteiger partial charge is 0.484 e. The van der Waals surface area contributed by atoms with Crippen molar-refractivity contribution in [1.29, 1.82) is 0 Å². The Morgan fingerprint density at radius 1 is 1.35 bits per heavy atom. The van der Waals surface area contributed by atoms with E-state index in [2.05, 4.69) is 15.5 Å². The van der Waals surface area contributed by atoms with Crippen molar-refractivity contribution in [1.82, 2.24) is 15.5 Å². The minimum Gasteiger partial charge on any atom is -0.484 e. The Balaban J connectivity index is 2.03. The summed E-state index contributed by atoms with van der Waals surface area (Å²) in [6.07, 6.45) is 0. The van der Waals surface area contributed by atoms with Crippen molar-refractivity contribution in [3.63, 3.8) is 0 Å². The third-order valence-corrected chi connectivity index (χ3v) is 3.39. The summed E-state index contributed by atoms with van der Waals surface area (Å²) >= 11 is 0. The average molecular weight is 317 g/mol. The Bertz CT molecular complexity index is 704. The zero-order valence-electron chi connectivity index (χ0n) is 13.2. The van der Waals surface area contributed by atoms with Crippen LogP contribution < -0.4 is 10.1 Å². The zero-order valence-corrected chi connectivity index (χ0v) is 13.2. The molecule has 2 rings (SSSR count). The number of hydrogen-bond acceptors (Lipinski definition) is 4. The fourth-order valence-electron chi connectivity index (χ4n) is 2.30. The highest BCUT2D eigenvalue weighted by Crippen LogP contribution is 2.20. The van der Waals surface area contributed by atoms with Crippen LogP contribution >= 0.6 is 0 Å². The Hall–Kier alpha value is -2.83. The summed E-state index contributed by atoms with van der Waals surface area (Å²) in [6.45, 7) is 5.05. The third-order valence-electron chi connectivity index (χ3n) is 3.39. The molecule has 3 N–H and O–H groups in total. The number of aromatic amines is 1. The first kappa shape index (κ1) is 16.5. The highest BCUT2D eigenvalue weighted by molar-refractivity contribution is 5.85. The molecule has 0 spiro atoms. The van der Waals surface area contributed by atoms with E-state index < -0.39 is 17.9 Å². The van der Waals surface area contributed by atoms with Gasteiger partial charge in [0.05, 0.1) is 5.69 Å². The van der Waals surface area contributed by atoms with Crippen molar-refractivity contribution in [2.75, 3.05) is 6.61 Å². The van der Waals surface area contributed by atoms with Crippen LogP contribution in [-0.4, -0.2) is 33.8 Å². The summed E-state index contributed by atoms with van der Waals surface area (Å²) in [5, 5.41) is 18.5. The number of carbonyl (C=O) groups excluding carboxylic acids is 1. The monoisotopic (exact) mass is 317 g/mol. The number of carbonyl (C=O) groups is 2. The van der Waals surface area contributed by atoms with Crippen LogP contribution in [0, 0.1) is 20.8 Å². The summed E-state index contributed by atoms with van der Waals surface area (Å²) in [6, 6.07) is 6.10. The van der Waals surface area contributed by atoms with E-state index in [-0.39, 0.29) is 6.61 Å². The van der Waals surface area contributed by atoms with Gasteiger partial charge in [-0.3, -0.25) is 9.89 Å². The molecule has 1 aromatic carbocycles. The van der Waals surface area contributed by atoms with Crippen molar-refractivity contribution in [2.45, 2.75) is 26.8 Å². The van der Waals surface area contributed by atoms with Crippen LogP contribution in [0.3, 0.4) is 0 Å². The maximum atomic E-state index is 12.0. The van der Waals surface area contributed by atoms with Crippen LogP contribution in [-0.2, 0) is 9.59 Å². The second-order valence-corrected chi connectivity index (χ2v) is 5.29. The molecule has 1 unspecified atom stereocenters. The summed E-state index contributed by atoms with van der Waals surface area (Å²) in [5.41, 5.74) is 2.61. The topological polar surface area (TPSA) is 104 Å². The first-order chi connectivity index (χ1) is 10.9. The number of benzene rings is 1. The van der Waals surface area contributed by atoms with Crippen molar-refractivity contribution in [3.05, 3.63) is 46.8 Å².